The summed E-state index contributed by atoms with van der Waals surface area (Å²) in [7, 11) is 1.70. The number of benzene rings is 1. The highest BCUT2D eigenvalue weighted by atomic mass is 79.9. The van der Waals surface area contributed by atoms with Crippen molar-refractivity contribution in [1.82, 2.24) is 19.5 Å². The molecular weight excluding hydrogens is 408 g/mol. The molecule has 1 aromatic carbocycles. The first kappa shape index (κ1) is 19.3. The summed E-state index contributed by atoms with van der Waals surface area (Å²) < 4.78 is 2.22. The van der Waals surface area contributed by atoms with Gasteiger partial charge < -0.3 is 4.98 Å². The van der Waals surface area contributed by atoms with Crippen molar-refractivity contribution in [3.05, 3.63) is 56.6 Å². The average molecular weight is 431 g/mol. The van der Waals surface area contributed by atoms with Crippen LogP contribution in [0.4, 0.5) is 0 Å². The van der Waals surface area contributed by atoms with Crippen molar-refractivity contribution in [2.24, 2.45) is 9.98 Å². The van der Waals surface area contributed by atoms with Gasteiger partial charge in [-0.2, -0.15) is 0 Å². The van der Waals surface area contributed by atoms with Gasteiger partial charge in [0.05, 0.1) is 0 Å². The van der Waals surface area contributed by atoms with Crippen LogP contribution in [0.15, 0.2) is 49.8 Å². The summed E-state index contributed by atoms with van der Waals surface area (Å²) >= 11 is 3.37. The van der Waals surface area contributed by atoms with Crippen LogP contribution in [0.3, 0.4) is 0 Å². The summed E-state index contributed by atoms with van der Waals surface area (Å²) in [4.78, 5) is 32.0. The number of fused-ring (bicyclic) bond motifs is 1. The number of halogens is 1. The van der Waals surface area contributed by atoms with E-state index in [-0.39, 0.29) is 5.69 Å². The molecule has 2 aromatic heterocycles. The van der Waals surface area contributed by atoms with E-state index in [1.807, 2.05) is 30.3 Å². The molecule has 0 atom stereocenters. The Balaban J connectivity index is 2.05. The molecule has 142 valence electrons. The predicted molar refractivity (Wildman–Crippen MR) is 111 cm³/mol. The number of rotatable bonds is 6. The molecule has 0 aliphatic carbocycles. The Hall–Kier alpha value is -2.48. The van der Waals surface area contributed by atoms with Crippen molar-refractivity contribution in [3.63, 3.8) is 0 Å². The lowest BCUT2D eigenvalue weighted by atomic mass is 10.1. The molecule has 0 amide bonds. The minimum absolute atomic E-state index is 0.216. The Morgan fingerprint density at radius 1 is 1.22 bits per heavy atom. The maximum atomic E-state index is 12.6. The third-order valence-corrected chi connectivity index (χ3v) is 4.68. The van der Waals surface area contributed by atoms with Gasteiger partial charge in [-0.05, 0) is 27.9 Å². The number of nitrogens with zero attached hydrogens (tertiary/aromatic N) is 4. The summed E-state index contributed by atoms with van der Waals surface area (Å²) in [5.41, 5.74) is 2.61. The van der Waals surface area contributed by atoms with Crippen LogP contribution in [-0.4, -0.2) is 32.4 Å². The van der Waals surface area contributed by atoms with E-state index in [1.165, 1.54) is 0 Å². The molecule has 0 saturated carbocycles. The number of unbranched alkanes of at least 4 members (excludes halogenated alkanes) is 2. The molecule has 3 rings (SSSR count). The number of aromatic amines is 2. The zero-order chi connectivity index (χ0) is 19.2. The number of aromatic nitrogens is 4. The molecule has 0 bridgehead atoms. The number of imidazole rings is 1. The maximum absolute atomic E-state index is 12.6. The Morgan fingerprint density at radius 2 is 2.00 bits per heavy atom. The van der Waals surface area contributed by atoms with Crippen molar-refractivity contribution < 1.29 is 0 Å². The van der Waals surface area contributed by atoms with E-state index in [0.717, 1.165) is 24.8 Å². The van der Waals surface area contributed by atoms with Gasteiger partial charge in [0, 0.05) is 20.0 Å². The number of aliphatic imine (C=N–C) groups is 1. The summed E-state index contributed by atoms with van der Waals surface area (Å²) in [6, 6.07) is 9.99. The lowest BCUT2D eigenvalue weighted by Crippen LogP contribution is -2.32. The van der Waals surface area contributed by atoms with Gasteiger partial charge in [0.2, 0.25) is 0 Å². The number of aryl methyl sites for hydroxylation is 1. The number of H-pyrrole nitrogens is 2. The second-order valence-electron chi connectivity index (χ2n) is 6.28. The van der Waals surface area contributed by atoms with E-state index in [1.54, 1.807) is 11.6 Å². The van der Waals surface area contributed by atoms with E-state index in [4.69, 9.17) is 0 Å². The first-order valence-electron chi connectivity index (χ1n) is 9.05. The van der Waals surface area contributed by atoms with Crippen molar-refractivity contribution in [2.75, 3.05) is 7.05 Å². The average Bonchev–Trinajstić information content (AvgIpc) is 3.06. The highest BCUT2D eigenvalue weighted by Gasteiger charge is 2.11. The normalized spacial score (nSPS) is 12.9. The second kappa shape index (κ2) is 8.94. The summed E-state index contributed by atoms with van der Waals surface area (Å²) in [6.45, 7) is 2.76. The molecule has 0 aliphatic heterocycles. The van der Waals surface area contributed by atoms with Crippen LogP contribution < -0.4 is 11.2 Å². The maximum Gasteiger partial charge on any atom is 0.328 e. The molecular formula is C19H23BrN6O. The van der Waals surface area contributed by atoms with Crippen LogP contribution >= 0.6 is 15.9 Å². The van der Waals surface area contributed by atoms with Crippen LogP contribution in [0.2, 0.25) is 0 Å². The molecule has 0 fully saturated rings. The van der Waals surface area contributed by atoms with Gasteiger partial charge in [0.1, 0.15) is 11.4 Å². The second-order valence-corrected chi connectivity index (χ2v) is 7.03. The summed E-state index contributed by atoms with van der Waals surface area (Å²) in [5.74, 6) is 0.632. The topological polar surface area (TPSA) is 91.2 Å². The Labute approximate surface area is 165 Å². The molecule has 0 aliphatic rings. The third kappa shape index (κ3) is 4.63. The van der Waals surface area contributed by atoms with E-state index >= 15 is 0 Å². The zero-order valence-electron chi connectivity index (χ0n) is 15.5. The van der Waals surface area contributed by atoms with Crippen LogP contribution in [-0.2, 0) is 13.0 Å². The smallest absolute Gasteiger partial charge is 0.328 e. The molecule has 0 spiro atoms. The molecule has 2 heterocycles. The summed E-state index contributed by atoms with van der Waals surface area (Å²) in [6.07, 6.45) is 3.67. The first-order chi connectivity index (χ1) is 13.1. The largest absolute Gasteiger partial charge is 0.328 e. The fourth-order valence-electron chi connectivity index (χ4n) is 2.91. The van der Waals surface area contributed by atoms with Gasteiger partial charge in [-0.25, -0.2) is 14.8 Å². The van der Waals surface area contributed by atoms with E-state index in [2.05, 4.69) is 47.8 Å². The lowest BCUT2D eigenvalue weighted by Gasteiger charge is -2.06. The van der Waals surface area contributed by atoms with Crippen LogP contribution in [0, 0.1) is 0 Å². The number of hydrogen-bond acceptors (Lipinski definition) is 3. The van der Waals surface area contributed by atoms with E-state index in [0.29, 0.717) is 40.2 Å². The highest BCUT2D eigenvalue weighted by Crippen LogP contribution is 2.11. The van der Waals surface area contributed by atoms with Gasteiger partial charge in [0.25, 0.3) is 0 Å². The van der Waals surface area contributed by atoms with Crippen LogP contribution in [0.1, 0.15) is 31.7 Å². The third-order valence-electron chi connectivity index (χ3n) is 4.31. The SMILES string of the molecule is CCCCCn1c(=O)[nH]/c(=N\C(Cc2ccccc2)=N/C)c2[nH]c(Br)nc21. The molecule has 0 radical (unpaired) electrons. The van der Waals surface area contributed by atoms with Gasteiger partial charge in [-0.15, -0.1) is 0 Å². The Morgan fingerprint density at radius 3 is 2.70 bits per heavy atom. The van der Waals surface area contributed by atoms with Gasteiger partial charge in [-0.3, -0.25) is 14.5 Å². The molecule has 7 nitrogen and oxygen atoms in total. The molecule has 8 heteroatoms. The van der Waals surface area contributed by atoms with Crippen LogP contribution in [0.25, 0.3) is 11.2 Å². The summed E-state index contributed by atoms with van der Waals surface area (Å²) in [5, 5.41) is 0. The molecule has 2 N–H and O–H groups in total. The fraction of sp³-hybridized carbons (Fsp3) is 0.368. The molecule has 27 heavy (non-hydrogen) atoms. The van der Waals surface area contributed by atoms with Crippen molar-refractivity contribution in [1.29, 1.82) is 0 Å². The fourth-order valence-corrected chi connectivity index (χ4v) is 3.28. The predicted octanol–water partition coefficient (Wildman–Crippen LogP) is 3.18. The van der Waals surface area contributed by atoms with Crippen LogP contribution in [0.5, 0.6) is 0 Å². The number of hydrogen-bond donors (Lipinski definition) is 2. The standard InChI is InChI=1S/C19H23BrN6O/c1-3-4-8-11-26-17-15(23-18(20)25-17)16(24-19(26)27)22-14(21-2)12-13-9-6-5-7-10-13/h5-7,9-10H,3-4,8,11-12H2,1-2H3,(H,23,25)(H,21,22,24,27). The highest BCUT2D eigenvalue weighted by molar-refractivity contribution is 9.10. The number of nitrogens with one attached hydrogen (secondary N) is 2. The van der Waals surface area contributed by atoms with Crippen molar-refractivity contribution in [2.45, 2.75) is 39.2 Å². The Bertz CT molecular complexity index is 1060. The minimum atomic E-state index is -0.216. The van der Waals surface area contributed by atoms with E-state index < -0.39 is 0 Å². The molecule has 0 unspecified atom stereocenters. The molecule has 0 saturated heterocycles. The minimum Gasteiger partial charge on any atom is -0.328 e. The quantitative estimate of drug-likeness (QED) is 0.272. The monoisotopic (exact) mass is 430 g/mol. The lowest BCUT2D eigenvalue weighted by molar-refractivity contribution is 0.588. The van der Waals surface area contributed by atoms with Gasteiger partial charge in [0.15, 0.2) is 15.9 Å². The Kier molecular flexibility index (Phi) is 6.39. The molecule has 3 aromatic rings. The number of amidine groups is 1. The van der Waals surface area contributed by atoms with Gasteiger partial charge >= 0.3 is 5.69 Å². The van der Waals surface area contributed by atoms with E-state index in [9.17, 15) is 4.79 Å². The first-order valence-corrected chi connectivity index (χ1v) is 9.84. The van der Waals surface area contributed by atoms with Crippen molar-refractivity contribution >= 4 is 32.9 Å². The van der Waals surface area contributed by atoms with Gasteiger partial charge in [-0.1, -0.05) is 50.1 Å². The van der Waals surface area contributed by atoms with Crippen molar-refractivity contribution in [3.8, 4) is 0 Å². The zero-order valence-corrected chi connectivity index (χ0v) is 17.1.